The fraction of sp³-hybridized carbons (Fsp3) is 0.373. The van der Waals surface area contributed by atoms with Gasteiger partial charge in [-0.05, 0) is 225 Å². The fourth-order valence-corrected chi connectivity index (χ4v) is 21.0. The largest absolute Gasteiger partial charge is 0.310 e. The topological polar surface area (TPSA) is 9.86 Å². The van der Waals surface area contributed by atoms with Gasteiger partial charge in [-0.25, -0.2) is 0 Å². The number of rotatable bonds is 1. The molecule has 0 unspecified atom stereocenters. The van der Waals surface area contributed by atoms with Crippen LogP contribution < -0.4 is 16.4 Å². The van der Waals surface area contributed by atoms with Crippen molar-refractivity contribution in [3.63, 3.8) is 0 Å². The summed E-state index contributed by atoms with van der Waals surface area (Å²) >= 11 is 0. The molecule has 2 aromatic heterocycles. The lowest BCUT2D eigenvalue weighted by Gasteiger charge is -2.47. The van der Waals surface area contributed by atoms with Crippen molar-refractivity contribution in [1.29, 1.82) is 0 Å². The van der Waals surface area contributed by atoms with Crippen molar-refractivity contribution in [3.05, 3.63) is 194 Å². The molecule has 426 valence electrons. The molecule has 0 bridgehead atoms. The lowest BCUT2D eigenvalue weighted by Crippen LogP contribution is -2.61. The predicted molar refractivity (Wildman–Crippen MR) is 365 cm³/mol. The van der Waals surface area contributed by atoms with E-state index >= 15 is 0 Å². The van der Waals surface area contributed by atoms with Crippen molar-refractivity contribution in [2.45, 2.75) is 198 Å². The number of fused-ring (bicyclic) bond motifs is 23. The highest BCUT2D eigenvalue weighted by molar-refractivity contribution is 7.00. The summed E-state index contributed by atoms with van der Waals surface area (Å²) in [5, 5.41) is 8.80. The summed E-state index contributed by atoms with van der Waals surface area (Å²) in [4.78, 5) is 0. The normalized spacial score (nSPS) is 21.2. The van der Waals surface area contributed by atoms with Gasteiger partial charge in [0.05, 0.1) is 22.1 Å². The lowest BCUT2D eigenvalue weighted by atomic mass is 9.33. The van der Waals surface area contributed by atoms with Crippen LogP contribution in [0.5, 0.6) is 0 Å². The summed E-state index contributed by atoms with van der Waals surface area (Å²) in [5.74, 6) is 0. The van der Waals surface area contributed by atoms with E-state index < -0.39 is 5.41 Å². The standard InChI is InChI=1S/C83H81BN2/c1-76(2)34-37-80(9,10)67-54(76)31-32-61-62(67)63-68-55(77(3,4)35-38-81(68,11)12)43-59-74(63)85(61)71-51(47-30-29-45-22-15-16-23-46(45)40-47)42-58-73-70(71)84(59)60-44-56-69(82(13,14)39-36-78(56,5)6)65-64-66-48(24-21-33-79(66,7)8)41-57(72(64)86(73)75(60)65)83(58)52-27-19-17-25-49(52)50-26-18-20-28-53(50)83/h15-20,22-23,25-32,40-44H,21,24,33-39H2,1-14H3. The molecule has 0 atom stereocenters. The maximum absolute atomic E-state index is 2.99. The van der Waals surface area contributed by atoms with E-state index in [9.17, 15) is 0 Å². The first kappa shape index (κ1) is 51.0. The van der Waals surface area contributed by atoms with E-state index in [0.29, 0.717) is 0 Å². The van der Waals surface area contributed by atoms with Crippen LogP contribution in [0.3, 0.4) is 0 Å². The average molecular weight is 1120 g/mol. The smallest absolute Gasteiger partial charge is 0.252 e. The van der Waals surface area contributed by atoms with E-state index in [1.165, 1.54) is 162 Å². The van der Waals surface area contributed by atoms with Crippen molar-refractivity contribution in [2.24, 2.45) is 0 Å². The number of nitrogens with zero attached hydrogens (tertiary/aromatic N) is 2. The third-order valence-electron chi connectivity index (χ3n) is 25.4. The van der Waals surface area contributed by atoms with Gasteiger partial charge in [0.2, 0.25) is 0 Å². The summed E-state index contributed by atoms with van der Waals surface area (Å²) in [6.07, 6.45) is 10.5. The van der Waals surface area contributed by atoms with Gasteiger partial charge >= 0.3 is 0 Å². The minimum Gasteiger partial charge on any atom is -0.310 e. The third kappa shape index (κ3) is 5.74. The Balaban J connectivity index is 1.14. The molecule has 3 aliphatic heterocycles. The Morgan fingerprint density at radius 1 is 0.349 bits per heavy atom. The Kier molecular flexibility index (Phi) is 9.14. The van der Waals surface area contributed by atoms with E-state index in [4.69, 9.17) is 0 Å². The van der Waals surface area contributed by atoms with E-state index in [2.05, 4.69) is 233 Å². The lowest BCUT2D eigenvalue weighted by molar-refractivity contribution is 0.333. The zero-order chi connectivity index (χ0) is 58.8. The van der Waals surface area contributed by atoms with Gasteiger partial charge in [-0.1, -0.05) is 206 Å². The maximum atomic E-state index is 2.99. The van der Waals surface area contributed by atoms with Crippen LogP contribution in [0.2, 0.25) is 0 Å². The predicted octanol–water partition coefficient (Wildman–Crippen LogP) is 19.2. The zero-order valence-electron chi connectivity index (χ0n) is 53.5. The first-order valence-corrected chi connectivity index (χ1v) is 33.2. The van der Waals surface area contributed by atoms with Crippen LogP contribution in [-0.4, -0.2) is 15.8 Å². The third-order valence-corrected chi connectivity index (χ3v) is 25.4. The van der Waals surface area contributed by atoms with Crippen LogP contribution in [0.15, 0.2) is 127 Å². The fourth-order valence-electron chi connectivity index (χ4n) is 21.0. The molecule has 8 aliphatic rings. The quantitative estimate of drug-likeness (QED) is 0.145. The molecule has 0 saturated heterocycles. The Hall–Kier alpha value is -7.10. The van der Waals surface area contributed by atoms with Gasteiger partial charge in [0.15, 0.2) is 0 Å². The molecule has 9 aromatic carbocycles. The van der Waals surface area contributed by atoms with Crippen LogP contribution in [0.4, 0.5) is 0 Å². The number of hydrogen-bond acceptors (Lipinski definition) is 0. The van der Waals surface area contributed by atoms with E-state index in [1.54, 1.807) is 60.7 Å². The number of aryl methyl sites for hydroxylation is 1. The summed E-state index contributed by atoms with van der Waals surface area (Å²) in [5.41, 5.74) is 36.4. The Labute approximate surface area is 509 Å². The summed E-state index contributed by atoms with van der Waals surface area (Å²) in [6, 6.07) is 52.5. The SMILES string of the molecule is CC1(C)CCC(C)(C)c2c1ccc1c2c2c3c(cc4c2n1-c1c(-c2ccc5ccccc5c2)cc2c5c1B4c1cc4c(c6c7c8c(cc(c7n-5c16)C21c2ccccc2-c2ccccc21)CCCC8(C)C)C(C)(C)CCC4(C)C)C(C)(C)CCC3(C)C. The molecule has 86 heavy (non-hydrogen) atoms. The molecule has 0 saturated carbocycles. The molecular weight excluding hydrogens is 1040 g/mol. The summed E-state index contributed by atoms with van der Waals surface area (Å²) in [6.45, 7) is 36.3. The highest BCUT2D eigenvalue weighted by Crippen LogP contribution is 2.66. The summed E-state index contributed by atoms with van der Waals surface area (Å²) < 4.78 is 5.93. The van der Waals surface area contributed by atoms with Gasteiger partial charge in [0.25, 0.3) is 6.71 Å². The Morgan fingerprint density at radius 2 is 0.860 bits per heavy atom. The van der Waals surface area contributed by atoms with Crippen molar-refractivity contribution < 1.29 is 0 Å². The van der Waals surface area contributed by atoms with Gasteiger partial charge in [0, 0.05) is 43.8 Å². The van der Waals surface area contributed by atoms with E-state index in [0.717, 1.165) is 6.42 Å². The molecule has 3 heteroatoms. The molecule has 11 aromatic rings. The van der Waals surface area contributed by atoms with Crippen LogP contribution in [0.25, 0.3) is 88.0 Å². The second kappa shape index (κ2) is 15.4. The number of hydrogen-bond donors (Lipinski definition) is 0. The average Bonchev–Trinajstić information content (AvgIpc) is 1.41. The minimum absolute atomic E-state index is 0.0154. The molecule has 19 rings (SSSR count). The van der Waals surface area contributed by atoms with Crippen molar-refractivity contribution in [3.8, 4) is 33.6 Å². The van der Waals surface area contributed by atoms with E-state index in [-0.39, 0.29) is 44.6 Å². The van der Waals surface area contributed by atoms with Gasteiger partial charge < -0.3 is 9.13 Å². The van der Waals surface area contributed by atoms with Gasteiger partial charge in [-0.15, -0.1) is 0 Å². The highest BCUT2D eigenvalue weighted by atomic mass is 15.1. The van der Waals surface area contributed by atoms with Crippen molar-refractivity contribution >= 4 is 77.5 Å². The second-order valence-corrected chi connectivity index (χ2v) is 33.4. The number of aromatic nitrogens is 2. The molecule has 0 fully saturated rings. The molecule has 5 aliphatic carbocycles. The van der Waals surface area contributed by atoms with Gasteiger partial charge in [0.1, 0.15) is 0 Å². The molecular formula is C83H81BN2. The van der Waals surface area contributed by atoms with Gasteiger partial charge in [-0.2, -0.15) is 0 Å². The van der Waals surface area contributed by atoms with E-state index in [1.807, 2.05) is 0 Å². The Bertz CT molecular complexity index is 5020. The number of benzene rings is 9. The van der Waals surface area contributed by atoms with Crippen LogP contribution >= 0.6 is 0 Å². The monoisotopic (exact) mass is 1120 g/mol. The molecule has 0 N–H and O–H groups in total. The van der Waals surface area contributed by atoms with Crippen molar-refractivity contribution in [1.82, 2.24) is 9.13 Å². The molecule has 1 spiro atoms. The first-order chi connectivity index (χ1) is 40.9. The maximum Gasteiger partial charge on any atom is 0.252 e. The van der Waals surface area contributed by atoms with Gasteiger partial charge in [-0.3, -0.25) is 0 Å². The molecule has 0 radical (unpaired) electrons. The Morgan fingerprint density at radius 3 is 1.49 bits per heavy atom. The second-order valence-electron chi connectivity index (χ2n) is 33.4. The summed E-state index contributed by atoms with van der Waals surface area (Å²) in [7, 11) is 0. The molecule has 2 nitrogen and oxygen atoms in total. The highest BCUT2D eigenvalue weighted by Gasteiger charge is 2.58. The molecule has 5 heterocycles. The van der Waals surface area contributed by atoms with Crippen LogP contribution in [0, 0.1) is 0 Å². The van der Waals surface area contributed by atoms with Crippen LogP contribution in [0.1, 0.15) is 215 Å². The minimum atomic E-state index is -0.607. The van der Waals surface area contributed by atoms with Crippen LogP contribution in [-0.2, 0) is 49.7 Å². The first-order valence-electron chi connectivity index (χ1n) is 33.2. The molecule has 0 amide bonds. The zero-order valence-corrected chi connectivity index (χ0v) is 53.5. The van der Waals surface area contributed by atoms with Crippen molar-refractivity contribution in [2.75, 3.05) is 0 Å².